The average Bonchev–Trinajstić information content (AvgIpc) is 2.54. The van der Waals surface area contributed by atoms with Gasteiger partial charge in [0.25, 0.3) is 0 Å². The minimum Gasteiger partial charge on any atom is -0.399 e. The van der Waals surface area contributed by atoms with Crippen LogP contribution in [0.15, 0.2) is 16.9 Å². The van der Waals surface area contributed by atoms with Crippen LogP contribution in [-0.2, 0) is 14.1 Å². The fourth-order valence-corrected chi connectivity index (χ4v) is 2.15. The Kier molecular flexibility index (Phi) is 3.07. The lowest BCUT2D eigenvalue weighted by atomic mass is 10.2. The van der Waals surface area contributed by atoms with Gasteiger partial charge in [-0.2, -0.15) is 0 Å². The first-order chi connectivity index (χ1) is 8.45. The van der Waals surface area contributed by atoms with Crippen LogP contribution in [0.4, 0.5) is 11.4 Å². The second-order valence-electron chi connectivity index (χ2n) is 4.79. The van der Waals surface area contributed by atoms with Crippen LogP contribution >= 0.6 is 0 Å². The van der Waals surface area contributed by atoms with Gasteiger partial charge in [0.05, 0.1) is 16.7 Å². The fourth-order valence-electron chi connectivity index (χ4n) is 2.15. The molecular weight excluding hydrogens is 228 g/mol. The Hall–Kier alpha value is -1.91. The zero-order valence-electron chi connectivity index (χ0n) is 11.3. The SMILES string of the molecule is CCC(C)Nc1cc(N)cc2c1n(C)c(=O)n2C. The smallest absolute Gasteiger partial charge is 0.328 e. The molecule has 3 N–H and O–H groups in total. The molecule has 5 heteroatoms. The van der Waals surface area contributed by atoms with Crippen molar-refractivity contribution in [2.75, 3.05) is 11.1 Å². The summed E-state index contributed by atoms with van der Waals surface area (Å²) >= 11 is 0. The summed E-state index contributed by atoms with van der Waals surface area (Å²) in [6, 6.07) is 4.05. The monoisotopic (exact) mass is 248 g/mol. The highest BCUT2D eigenvalue weighted by atomic mass is 16.1. The van der Waals surface area contributed by atoms with Gasteiger partial charge < -0.3 is 11.1 Å². The van der Waals surface area contributed by atoms with Crippen molar-refractivity contribution in [1.29, 1.82) is 0 Å². The van der Waals surface area contributed by atoms with Crippen LogP contribution in [0.25, 0.3) is 11.0 Å². The number of hydrogen-bond donors (Lipinski definition) is 2. The first-order valence-corrected chi connectivity index (χ1v) is 6.17. The van der Waals surface area contributed by atoms with Crippen molar-refractivity contribution in [2.45, 2.75) is 26.3 Å². The molecule has 0 saturated carbocycles. The second-order valence-corrected chi connectivity index (χ2v) is 4.79. The van der Waals surface area contributed by atoms with Crippen molar-refractivity contribution >= 4 is 22.4 Å². The van der Waals surface area contributed by atoms with E-state index in [0.29, 0.717) is 11.7 Å². The molecule has 1 unspecified atom stereocenters. The van der Waals surface area contributed by atoms with E-state index in [1.165, 1.54) is 0 Å². The Balaban J connectivity index is 2.72. The topological polar surface area (TPSA) is 65.0 Å². The normalized spacial score (nSPS) is 12.9. The summed E-state index contributed by atoms with van der Waals surface area (Å²) in [5.74, 6) is 0. The fraction of sp³-hybridized carbons (Fsp3) is 0.462. The first kappa shape index (κ1) is 12.5. The molecule has 0 amide bonds. The molecule has 0 spiro atoms. The highest BCUT2D eigenvalue weighted by molar-refractivity contribution is 5.92. The third-order valence-electron chi connectivity index (χ3n) is 3.40. The van der Waals surface area contributed by atoms with Gasteiger partial charge in [-0.05, 0) is 25.5 Å². The summed E-state index contributed by atoms with van der Waals surface area (Å²) in [5.41, 5.74) is 9.20. The average molecular weight is 248 g/mol. The van der Waals surface area contributed by atoms with Crippen LogP contribution in [0.2, 0.25) is 0 Å². The molecule has 0 bridgehead atoms. The first-order valence-electron chi connectivity index (χ1n) is 6.17. The zero-order valence-corrected chi connectivity index (χ0v) is 11.3. The van der Waals surface area contributed by atoms with Crippen molar-refractivity contribution in [3.05, 3.63) is 22.6 Å². The van der Waals surface area contributed by atoms with Crippen LogP contribution < -0.4 is 16.7 Å². The van der Waals surface area contributed by atoms with Gasteiger partial charge in [-0.1, -0.05) is 6.92 Å². The van der Waals surface area contributed by atoms with Crippen LogP contribution in [-0.4, -0.2) is 15.2 Å². The molecule has 18 heavy (non-hydrogen) atoms. The zero-order chi connectivity index (χ0) is 13.4. The molecule has 0 aliphatic rings. The molecule has 0 saturated heterocycles. The van der Waals surface area contributed by atoms with Gasteiger partial charge in [-0.15, -0.1) is 0 Å². The van der Waals surface area contributed by atoms with E-state index in [1.54, 1.807) is 23.2 Å². The molecule has 98 valence electrons. The van der Waals surface area contributed by atoms with E-state index in [2.05, 4.69) is 19.2 Å². The number of nitrogens with zero attached hydrogens (tertiary/aromatic N) is 2. The van der Waals surface area contributed by atoms with Gasteiger partial charge in [-0.3, -0.25) is 9.13 Å². The number of aryl methyl sites for hydroxylation is 2. The van der Waals surface area contributed by atoms with Crippen molar-refractivity contribution < 1.29 is 0 Å². The molecule has 2 rings (SSSR count). The largest absolute Gasteiger partial charge is 0.399 e. The number of anilines is 2. The maximum atomic E-state index is 12.0. The second kappa shape index (κ2) is 4.40. The Bertz CT molecular complexity index is 638. The van der Waals surface area contributed by atoms with E-state index in [1.807, 2.05) is 12.1 Å². The molecule has 0 radical (unpaired) electrons. The molecular formula is C13H20N4O. The molecule has 0 aliphatic carbocycles. The van der Waals surface area contributed by atoms with Crippen molar-refractivity contribution in [3.8, 4) is 0 Å². The van der Waals surface area contributed by atoms with Gasteiger partial charge in [-0.25, -0.2) is 4.79 Å². The molecule has 2 aromatic rings. The third-order valence-corrected chi connectivity index (χ3v) is 3.40. The maximum Gasteiger partial charge on any atom is 0.328 e. The summed E-state index contributed by atoms with van der Waals surface area (Å²) in [4.78, 5) is 12.0. The van der Waals surface area contributed by atoms with Crippen molar-refractivity contribution in [2.24, 2.45) is 14.1 Å². The summed E-state index contributed by atoms with van der Waals surface area (Å²) in [6.45, 7) is 4.22. The predicted octanol–water partition coefficient (Wildman–Crippen LogP) is 1.67. The van der Waals surface area contributed by atoms with Crippen molar-refractivity contribution in [3.63, 3.8) is 0 Å². The molecule has 1 atom stereocenters. The summed E-state index contributed by atoms with van der Waals surface area (Å²) < 4.78 is 3.27. The number of hydrogen-bond acceptors (Lipinski definition) is 3. The minimum atomic E-state index is -0.0391. The molecule has 0 fully saturated rings. The number of fused-ring (bicyclic) bond motifs is 1. The van der Waals surface area contributed by atoms with E-state index >= 15 is 0 Å². The standard InChI is InChI=1S/C13H20N4O/c1-5-8(2)15-10-6-9(14)7-11-12(10)17(4)13(18)16(11)3/h6-8,15H,5,14H2,1-4H3. The number of nitrogen functional groups attached to an aromatic ring is 1. The van der Waals surface area contributed by atoms with Gasteiger partial charge in [0.15, 0.2) is 0 Å². The van der Waals surface area contributed by atoms with E-state index < -0.39 is 0 Å². The predicted molar refractivity (Wildman–Crippen MR) is 75.9 cm³/mol. The lowest BCUT2D eigenvalue weighted by Crippen LogP contribution is -2.19. The van der Waals surface area contributed by atoms with Gasteiger partial charge in [0.1, 0.15) is 0 Å². The lowest BCUT2D eigenvalue weighted by molar-refractivity contribution is 0.762. The Labute approximate surface area is 106 Å². The minimum absolute atomic E-state index is 0.0391. The number of aromatic nitrogens is 2. The molecule has 5 nitrogen and oxygen atoms in total. The van der Waals surface area contributed by atoms with E-state index in [0.717, 1.165) is 23.1 Å². The number of nitrogens with two attached hydrogens (primary N) is 1. The highest BCUT2D eigenvalue weighted by Gasteiger charge is 2.13. The summed E-state index contributed by atoms with van der Waals surface area (Å²) in [7, 11) is 3.54. The molecule has 1 aromatic heterocycles. The van der Waals surface area contributed by atoms with E-state index in [9.17, 15) is 4.79 Å². The van der Waals surface area contributed by atoms with Gasteiger partial charge >= 0.3 is 5.69 Å². The van der Waals surface area contributed by atoms with Crippen LogP contribution in [0.5, 0.6) is 0 Å². The highest BCUT2D eigenvalue weighted by Crippen LogP contribution is 2.26. The maximum absolute atomic E-state index is 12.0. The van der Waals surface area contributed by atoms with Crippen LogP contribution in [0.3, 0.4) is 0 Å². The van der Waals surface area contributed by atoms with Gasteiger partial charge in [0, 0.05) is 25.8 Å². The number of rotatable bonds is 3. The molecule has 0 aliphatic heterocycles. The Morgan fingerprint density at radius 3 is 2.61 bits per heavy atom. The van der Waals surface area contributed by atoms with Crippen LogP contribution in [0, 0.1) is 0 Å². The molecule has 1 aromatic carbocycles. The quantitative estimate of drug-likeness (QED) is 0.812. The number of imidazole rings is 1. The number of benzene rings is 1. The number of nitrogens with one attached hydrogen (secondary N) is 1. The van der Waals surface area contributed by atoms with Crippen LogP contribution in [0.1, 0.15) is 20.3 Å². The summed E-state index contributed by atoms with van der Waals surface area (Å²) in [5, 5.41) is 3.40. The third kappa shape index (κ3) is 1.85. The van der Waals surface area contributed by atoms with E-state index in [4.69, 9.17) is 5.73 Å². The van der Waals surface area contributed by atoms with Crippen molar-refractivity contribution in [1.82, 2.24) is 9.13 Å². The summed E-state index contributed by atoms with van der Waals surface area (Å²) in [6.07, 6.45) is 1.01. The Morgan fingerprint density at radius 1 is 1.33 bits per heavy atom. The van der Waals surface area contributed by atoms with Gasteiger partial charge in [0.2, 0.25) is 0 Å². The molecule has 1 heterocycles. The lowest BCUT2D eigenvalue weighted by Gasteiger charge is -2.15. The Morgan fingerprint density at radius 2 is 2.00 bits per heavy atom. The van der Waals surface area contributed by atoms with E-state index in [-0.39, 0.29) is 5.69 Å².